The Hall–Kier alpha value is -2.10. The van der Waals surface area contributed by atoms with E-state index in [2.05, 4.69) is 0 Å². The number of nitrogens with zero attached hydrogens (tertiary/aromatic N) is 5. The van der Waals surface area contributed by atoms with Gasteiger partial charge in [0.05, 0.1) is 0 Å². The molecule has 0 unspecified atom stereocenters. The SMILES string of the molecule is [N-]=[N+]=N.[N-]=[N+]=[N-].[V].[cH-]1[cH-][cH-][cH-][cH-]1.c1cc[cH-]c1. The summed E-state index contributed by atoms with van der Waals surface area (Å²) in [6, 6.07) is 20.0. The molecule has 2 aromatic rings. The molecule has 0 aromatic heterocycles. The summed E-state index contributed by atoms with van der Waals surface area (Å²) in [4.78, 5) is 3.25. The van der Waals surface area contributed by atoms with Gasteiger partial charge >= 0.3 is 0 Å². The molecule has 93 valence electrons. The van der Waals surface area contributed by atoms with Crippen LogP contribution in [0.1, 0.15) is 0 Å². The van der Waals surface area contributed by atoms with Crippen molar-refractivity contribution in [2.45, 2.75) is 0 Å². The summed E-state index contributed by atoms with van der Waals surface area (Å²) in [6.45, 7) is 0. The van der Waals surface area contributed by atoms with Crippen molar-refractivity contribution in [3.8, 4) is 0 Å². The van der Waals surface area contributed by atoms with Crippen molar-refractivity contribution in [2.24, 2.45) is 0 Å². The zero-order valence-electron chi connectivity index (χ0n) is 8.96. The molecule has 0 bridgehead atoms. The summed E-state index contributed by atoms with van der Waals surface area (Å²) in [5, 5.41) is 0. The van der Waals surface area contributed by atoms with Crippen LogP contribution < -0.4 is 0 Å². The van der Waals surface area contributed by atoms with Crippen LogP contribution in [0, 0.1) is 5.53 Å². The Morgan fingerprint density at radius 1 is 0.824 bits per heavy atom. The van der Waals surface area contributed by atoms with Gasteiger partial charge in [-0.05, 0) is 10.4 Å². The molecule has 1 N–H and O–H groups in total. The molecule has 7 heteroatoms. The van der Waals surface area contributed by atoms with Gasteiger partial charge in [0.2, 0.25) is 0 Å². The molecule has 0 aliphatic carbocycles. The fourth-order valence-electron chi connectivity index (χ4n) is 0.642. The Morgan fingerprint density at radius 2 is 1.06 bits per heavy atom. The molecule has 0 aliphatic heterocycles. The second-order valence-corrected chi connectivity index (χ2v) is 2.11. The van der Waals surface area contributed by atoms with Crippen LogP contribution in [0.2, 0.25) is 0 Å². The molecule has 6 nitrogen and oxygen atoms in total. The first kappa shape index (κ1) is 20.3. The van der Waals surface area contributed by atoms with Crippen LogP contribution in [-0.2, 0) is 18.6 Å². The largest absolute Gasteiger partial charge is 0.748 e. The summed E-state index contributed by atoms with van der Waals surface area (Å²) < 4.78 is 0. The molecule has 17 heavy (non-hydrogen) atoms. The van der Waals surface area contributed by atoms with Gasteiger partial charge < -0.3 is 41.4 Å². The van der Waals surface area contributed by atoms with Crippen LogP contribution in [-0.4, -0.2) is 0 Å². The van der Waals surface area contributed by atoms with Crippen molar-refractivity contribution >= 4 is 0 Å². The third-order valence-corrected chi connectivity index (χ3v) is 1.11. The number of nitrogens with one attached hydrogen (secondary N) is 1. The Kier molecular flexibility index (Phi) is 28.2. The zero-order chi connectivity index (χ0) is 12.5. The van der Waals surface area contributed by atoms with Gasteiger partial charge in [0.1, 0.15) is 0 Å². The summed E-state index contributed by atoms with van der Waals surface area (Å²) in [5.74, 6) is 0. The number of hydrogen-bond acceptors (Lipinski definition) is 1. The predicted octanol–water partition coefficient (Wildman–Crippen LogP) is 4.55. The van der Waals surface area contributed by atoms with Crippen LogP contribution in [0.5, 0.6) is 0 Å². The Bertz CT molecular complexity index is 283. The second-order valence-electron chi connectivity index (χ2n) is 2.11. The van der Waals surface area contributed by atoms with Crippen molar-refractivity contribution in [3.63, 3.8) is 0 Å². The fraction of sp³-hybridized carbons (Fsp3) is 0. The quantitative estimate of drug-likeness (QED) is 0.311. The Balaban J connectivity index is -0.000000157. The van der Waals surface area contributed by atoms with Crippen LogP contribution in [0.25, 0.3) is 26.4 Å². The zero-order valence-corrected chi connectivity index (χ0v) is 10.4. The third-order valence-electron chi connectivity index (χ3n) is 1.11. The average molecular weight is 266 g/mol. The van der Waals surface area contributed by atoms with Crippen molar-refractivity contribution in [1.82, 2.24) is 0 Å². The molecule has 0 aliphatic rings. The van der Waals surface area contributed by atoms with Crippen molar-refractivity contribution in [1.29, 1.82) is 5.53 Å². The molecule has 0 saturated heterocycles. The first-order valence-corrected chi connectivity index (χ1v) is 4.16. The normalized spacial score (nSPS) is 5.65. The summed E-state index contributed by atoms with van der Waals surface area (Å²) in [5.41, 5.74) is 25.8. The molecular formula is C10H11N6V-7. The maximum Gasteiger partial charge on any atom is 0 e. The van der Waals surface area contributed by atoms with Gasteiger partial charge in [-0.1, -0.05) is 0 Å². The van der Waals surface area contributed by atoms with Crippen molar-refractivity contribution in [2.75, 3.05) is 0 Å². The monoisotopic (exact) mass is 266 g/mol. The van der Waals surface area contributed by atoms with E-state index in [1.54, 1.807) is 4.91 Å². The minimum Gasteiger partial charge on any atom is -0.748 e. The van der Waals surface area contributed by atoms with Gasteiger partial charge in [0.15, 0.2) is 0 Å². The maximum atomic E-state index is 6.86. The number of rotatable bonds is 0. The molecular weight excluding hydrogens is 255 g/mol. The minimum absolute atomic E-state index is 0. The first-order valence-electron chi connectivity index (χ1n) is 4.16. The Morgan fingerprint density at radius 3 is 1.18 bits per heavy atom. The molecule has 0 atom stereocenters. The first-order chi connectivity index (χ1) is 7.83. The summed E-state index contributed by atoms with van der Waals surface area (Å²) in [7, 11) is 0. The topological polar surface area (TPSA) is 119 Å². The molecule has 1 radical (unpaired) electrons. The van der Waals surface area contributed by atoms with E-state index in [0.717, 1.165) is 0 Å². The smallest absolute Gasteiger partial charge is 0 e. The van der Waals surface area contributed by atoms with Crippen LogP contribution in [0.15, 0.2) is 60.7 Å². The van der Waals surface area contributed by atoms with E-state index in [9.17, 15) is 0 Å². The summed E-state index contributed by atoms with van der Waals surface area (Å²) in [6.07, 6.45) is 0. The van der Waals surface area contributed by atoms with Crippen LogP contribution in [0.3, 0.4) is 0 Å². The van der Waals surface area contributed by atoms with Gasteiger partial charge in [-0.2, -0.15) is 18.2 Å². The predicted molar refractivity (Wildman–Crippen MR) is 63.6 cm³/mol. The third kappa shape index (κ3) is 31.5. The van der Waals surface area contributed by atoms with Crippen LogP contribution in [0.4, 0.5) is 0 Å². The molecule has 0 heterocycles. The van der Waals surface area contributed by atoms with Crippen molar-refractivity contribution in [3.05, 3.63) is 87.1 Å². The van der Waals surface area contributed by atoms with E-state index in [1.165, 1.54) is 4.91 Å². The average Bonchev–Trinajstić information content (AvgIpc) is 3.00. The van der Waals surface area contributed by atoms with E-state index >= 15 is 0 Å². The molecule has 0 fully saturated rings. The van der Waals surface area contributed by atoms with E-state index in [-0.39, 0.29) is 18.6 Å². The minimum atomic E-state index is 0. The van der Waals surface area contributed by atoms with E-state index in [1.807, 2.05) is 60.7 Å². The maximum absolute atomic E-state index is 6.86. The van der Waals surface area contributed by atoms with Crippen molar-refractivity contribution < 1.29 is 18.6 Å². The molecule has 0 saturated carbocycles. The van der Waals surface area contributed by atoms with Crippen LogP contribution >= 0.6 is 0 Å². The van der Waals surface area contributed by atoms with E-state index in [0.29, 0.717) is 0 Å². The van der Waals surface area contributed by atoms with Gasteiger partial charge in [-0.15, -0.1) is 5.53 Å². The van der Waals surface area contributed by atoms with Gasteiger partial charge in [0, 0.05) is 18.6 Å². The molecule has 2 aromatic carbocycles. The second kappa shape index (κ2) is 23.6. The van der Waals surface area contributed by atoms with Gasteiger partial charge in [0.25, 0.3) is 0 Å². The molecule has 2 rings (SSSR count). The van der Waals surface area contributed by atoms with E-state index < -0.39 is 0 Å². The number of hydrogen-bond donors (Lipinski definition) is 1. The summed E-state index contributed by atoms with van der Waals surface area (Å²) >= 11 is 0. The Labute approximate surface area is 111 Å². The van der Waals surface area contributed by atoms with E-state index in [4.69, 9.17) is 22.1 Å². The van der Waals surface area contributed by atoms with Gasteiger partial charge in [-0.25, -0.2) is 12.1 Å². The molecule has 0 spiro atoms. The fourth-order valence-corrected chi connectivity index (χ4v) is 0.642. The molecule has 0 amide bonds. The standard InChI is InChI=1S/2C5H5.HN3.N3.V/c2*1-2-4-5-3-1;2*1-3-2;/h2*1-5H;1H;;/q-5;-1;;-1;. The van der Waals surface area contributed by atoms with Gasteiger partial charge in [-0.3, -0.25) is 4.91 Å².